The number of hydrogen-bond donors (Lipinski definition) is 0. The molecule has 0 bridgehead atoms. The van der Waals surface area contributed by atoms with Crippen LogP contribution in [0.4, 0.5) is 5.69 Å². The van der Waals surface area contributed by atoms with Gasteiger partial charge in [-0.1, -0.05) is 0 Å². The zero-order valence-electron chi connectivity index (χ0n) is 11.8. The van der Waals surface area contributed by atoms with Crippen molar-refractivity contribution in [1.82, 2.24) is 9.78 Å². The molecule has 0 amide bonds. The third-order valence-corrected chi connectivity index (χ3v) is 3.45. The molecule has 0 aliphatic carbocycles. The van der Waals surface area contributed by atoms with Crippen LogP contribution >= 0.6 is 0 Å². The van der Waals surface area contributed by atoms with Gasteiger partial charge in [-0.25, -0.2) is 4.68 Å². The SMILES string of the molecule is CC(=O)c1cc(-n2nc(C)c(C)c2C)ccc1[N+](=O)[O-]. The average Bonchev–Trinajstić information content (AvgIpc) is 2.65. The van der Waals surface area contributed by atoms with Gasteiger partial charge in [0.15, 0.2) is 5.78 Å². The van der Waals surface area contributed by atoms with Crippen molar-refractivity contribution >= 4 is 11.5 Å². The van der Waals surface area contributed by atoms with E-state index in [1.165, 1.54) is 19.1 Å². The lowest BCUT2D eigenvalue weighted by Gasteiger charge is -2.07. The molecule has 1 aromatic carbocycles. The topological polar surface area (TPSA) is 78.0 Å². The lowest BCUT2D eigenvalue weighted by atomic mass is 10.1. The Morgan fingerprint density at radius 2 is 1.95 bits per heavy atom. The van der Waals surface area contributed by atoms with Gasteiger partial charge in [-0.2, -0.15) is 5.10 Å². The van der Waals surface area contributed by atoms with Crippen molar-refractivity contribution in [2.45, 2.75) is 27.7 Å². The third kappa shape index (κ3) is 2.20. The zero-order chi connectivity index (χ0) is 15.0. The number of carbonyl (C=O) groups is 1. The van der Waals surface area contributed by atoms with Crippen LogP contribution in [0.15, 0.2) is 18.2 Å². The van der Waals surface area contributed by atoms with E-state index in [-0.39, 0.29) is 17.0 Å². The van der Waals surface area contributed by atoms with Crippen LogP contribution in [0, 0.1) is 30.9 Å². The monoisotopic (exact) mass is 273 g/mol. The Balaban J connectivity index is 2.65. The van der Waals surface area contributed by atoms with Crippen molar-refractivity contribution in [1.29, 1.82) is 0 Å². The number of nitro benzene ring substituents is 1. The number of benzene rings is 1. The van der Waals surface area contributed by atoms with Gasteiger partial charge in [-0.05, 0) is 45.4 Å². The number of ketones is 1. The molecule has 0 spiro atoms. The maximum Gasteiger partial charge on any atom is 0.280 e. The van der Waals surface area contributed by atoms with Crippen molar-refractivity contribution in [2.75, 3.05) is 0 Å². The lowest BCUT2D eigenvalue weighted by molar-refractivity contribution is -0.385. The van der Waals surface area contributed by atoms with Crippen LogP contribution in [-0.4, -0.2) is 20.5 Å². The highest BCUT2D eigenvalue weighted by Gasteiger charge is 2.19. The quantitative estimate of drug-likeness (QED) is 0.489. The predicted molar refractivity (Wildman–Crippen MR) is 74.4 cm³/mol. The van der Waals surface area contributed by atoms with Gasteiger partial charge in [0.25, 0.3) is 5.69 Å². The van der Waals surface area contributed by atoms with Gasteiger partial charge >= 0.3 is 0 Å². The number of nitrogens with zero attached hydrogens (tertiary/aromatic N) is 3. The first-order valence-corrected chi connectivity index (χ1v) is 6.15. The number of carbonyl (C=O) groups excluding carboxylic acids is 1. The second kappa shape index (κ2) is 4.88. The molecule has 2 rings (SSSR count). The van der Waals surface area contributed by atoms with Crippen molar-refractivity contribution in [3.8, 4) is 5.69 Å². The summed E-state index contributed by atoms with van der Waals surface area (Å²) in [5, 5.41) is 15.3. The molecule has 0 aliphatic heterocycles. The van der Waals surface area contributed by atoms with E-state index in [1.54, 1.807) is 10.7 Å². The van der Waals surface area contributed by atoms with Crippen LogP contribution in [-0.2, 0) is 0 Å². The second-order valence-electron chi connectivity index (χ2n) is 4.72. The molecule has 0 atom stereocenters. The van der Waals surface area contributed by atoms with Crippen LogP contribution in [0.1, 0.15) is 34.2 Å². The van der Waals surface area contributed by atoms with E-state index in [2.05, 4.69) is 5.10 Å². The molecule has 0 unspecified atom stereocenters. The maximum atomic E-state index is 11.6. The lowest BCUT2D eigenvalue weighted by Crippen LogP contribution is -2.05. The summed E-state index contributed by atoms with van der Waals surface area (Å²) in [6, 6.07) is 4.46. The molecule has 20 heavy (non-hydrogen) atoms. The molecule has 0 N–H and O–H groups in total. The average molecular weight is 273 g/mol. The molecule has 0 radical (unpaired) electrons. The fourth-order valence-electron chi connectivity index (χ4n) is 2.07. The number of aryl methyl sites for hydroxylation is 1. The number of aromatic nitrogens is 2. The van der Waals surface area contributed by atoms with Crippen LogP contribution in [0.25, 0.3) is 5.69 Å². The highest BCUT2D eigenvalue weighted by atomic mass is 16.6. The van der Waals surface area contributed by atoms with Gasteiger partial charge in [0.05, 0.1) is 21.9 Å². The van der Waals surface area contributed by atoms with E-state index in [4.69, 9.17) is 0 Å². The number of Topliss-reactive ketones (excluding diaryl/α,β-unsaturated/α-hetero) is 1. The first-order chi connectivity index (χ1) is 9.32. The number of rotatable bonds is 3. The van der Waals surface area contributed by atoms with E-state index >= 15 is 0 Å². The van der Waals surface area contributed by atoms with Crippen LogP contribution < -0.4 is 0 Å². The summed E-state index contributed by atoms with van der Waals surface area (Å²) in [6.45, 7) is 7.10. The summed E-state index contributed by atoms with van der Waals surface area (Å²) in [5.74, 6) is -0.336. The van der Waals surface area contributed by atoms with E-state index < -0.39 is 4.92 Å². The zero-order valence-corrected chi connectivity index (χ0v) is 11.8. The molecule has 2 aromatic rings. The highest BCUT2D eigenvalue weighted by Crippen LogP contribution is 2.24. The Bertz CT molecular complexity index is 717. The normalized spacial score (nSPS) is 10.6. The minimum absolute atomic E-state index is 0.0951. The molecule has 0 aliphatic rings. The van der Waals surface area contributed by atoms with Gasteiger partial charge in [0, 0.05) is 11.8 Å². The van der Waals surface area contributed by atoms with Crippen molar-refractivity contribution in [2.24, 2.45) is 0 Å². The van der Waals surface area contributed by atoms with E-state index in [1.807, 2.05) is 20.8 Å². The van der Waals surface area contributed by atoms with Gasteiger partial charge in [-0.3, -0.25) is 14.9 Å². The first kappa shape index (κ1) is 13.9. The second-order valence-corrected chi connectivity index (χ2v) is 4.72. The molecular formula is C14H15N3O3. The van der Waals surface area contributed by atoms with Crippen molar-refractivity contribution in [3.05, 3.63) is 50.8 Å². The van der Waals surface area contributed by atoms with Crippen molar-refractivity contribution < 1.29 is 9.72 Å². The fraction of sp³-hybridized carbons (Fsp3) is 0.286. The third-order valence-electron chi connectivity index (χ3n) is 3.45. The number of hydrogen-bond acceptors (Lipinski definition) is 4. The molecule has 1 heterocycles. The Hall–Kier alpha value is -2.50. The van der Waals surface area contributed by atoms with E-state index in [0.717, 1.165) is 17.0 Å². The molecule has 104 valence electrons. The highest BCUT2D eigenvalue weighted by molar-refractivity contribution is 5.98. The summed E-state index contributed by atoms with van der Waals surface area (Å²) in [6.07, 6.45) is 0. The molecule has 6 nitrogen and oxygen atoms in total. The maximum absolute atomic E-state index is 11.6. The van der Waals surface area contributed by atoms with Gasteiger partial charge in [0.2, 0.25) is 0 Å². The van der Waals surface area contributed by atoms with Gasteiger partial charge < -0.3 is 0 Å². The molecule has 0 saturated carbocycles. The smallest absolute Gasteiger partial charge is 0.280 e. The minimum atomic E-state index is -0.549. The van der Waals surface area contributed by atoms with E-state index in [0.29, 0.717) is 5.69 Å². The summed E-state index contributed by atoms with van der Waals surface area (Å²) in [5.41, 5.74) is 3.47. The first-order valence-electron chi connectivity index (χ1n) is 6.15. The fourth-order valence-corrected chi connectivity index (χ4v) is 2.07. The van der Waals surface area contributed by atoms with E-state index in [9.17, 15) is 14.9 Å². The largest absolute Gasteiger partial charge is 0.294 e. The Morgan fingerprint density at radius 3 is 2.40 bits per heavy atom. The molecular weight excluding hydrogens is 258 g/mol. The predicted octanol–water partition coefficient (Wildman–Crippen LogP) is 2.91. The Morgan fingerprint density at radius 1 is 1.30 bits per heavy atom. The summed E-state index contributed by atoms with van der Waals surface area (Å²) >= 11 is 0. The molecule has 1 aromatic heterocycles. The molecule has 6 heteroatoms. The molecule has 0 saturated heterocycles. The standard InChI is InChI=1S/C14H15N3O3/c1-8-9(2)15-16(10(8)3)12-5-6-14(17(19)20)13(7-12)11(4)18/h5-7H,1-4H3. The summed E-state index contributed by atoms with van der Waals surface area (Å²) < 4.78 is 1.70. The van der Waals surface area contributed by atoms with Gasteiger partial charge in [-0.15, -0.1) is 0 Å². The van der Waals surface area contributed by atoms with Crippen LogP contribution in [0.3, 0.4) is 0 Å². The summed E-state index contributed by atoms with van der Waals surface area (Å²) in [4.78, 5) is 22.0. The van der Waals surface area contributed by atoms with Crippen molar-refractivity contribution in [3.63, 3.8) is 0 Å². The summed E-state index contributed by atoms with van der Waals surface area (Å²) in [7, 11) is 0. The van der Waals surface area contributed by atoms with Crippen LogP contribution in [0.5, 0.6) is 0 Å². The Labute approximate surface area is 116 Å². The van der Waals surface area contributed by atoms with Crippen LogP contribution in [0.2, 0.25) is 0 Å². The molecule has 0 fully saturated rings. The number of nitro groups is 1. The Kier molecular flexibility index (Phi) is 3.40. The minimum Gasteiger partial charge on any atom is -0.294 e. The van der Waals surface area contributed by atoms with Gasteiger partial charge in [0.1, 0.15) is 0 Å².